The molecule has 1 N–H and O–H groups in total. The molecule has 0 aliphatic carbocycles. The summed E-state index contributed by atoms with van der Waals surface area (Å²) in [6.07, 6.45) is 0. The van der Waals surface area contributed by atoms with Crippen LogP contribution in [-0.2, 0) is 9.59 Å². The number of carbonyl (C=O) groups is 2. The SMILES string of the molecule is CC(=O)N(CC(=O)Nc1ccc(C)cc1)c1ccc2c(c1)OCO2. The zero-order valence-electron chi connectivity index (χ0n) is 13.5. The fraction of sp³-hybridized carbons (Fsp3) is 0.222. The van der Waals surface area contributed by atoms with E-state index in [1.165, 1.54) is 11.8 Å². The van der Waals surface area contributed by atoms with Gasteiger partial charge in [-0.15, -0.1) is 0 Å². The number of amides is 2. The Labute approximate surface area is 140 Å². The molecule has 24 heavy (non-hydrogen) atoms. The number of nitrogens with zero attached hydrogens (tertiary/aromatic N) is 1. The van der Waals surface area contributed by atoms with E-state index >= 15 is 0 Å². The summed E-state index contributed by atoms with van der Waals surface area (Å²) in [5, 5.41) is 2.79. The quantitative estimate of drug-likeness (QED) is 0.938. The predicted molar refractivity (Wildman–Crippen MR) is 90.4 cm³/mol. The molecule has 2 amide bonds. The maximum atomic E-state index is 12.3. The molecule has 0 saturated carbocycles. The van der Waals surface area contributed by atoms with Crippen molar-refractivity contribution < 1.29 is 19.1 Å². The number of anilines is 2. The largest absolute Gasteiger partial charge is 0.454 e. The minimum Gasteiger partial charge on any atom is -0.454 e. The van der Waals surface area contributed by atoms with Crippen LogP contribution in [0.25, 0.3) is 0 Å². The first-order chi connectivity index (χ1) is 11.5. The lowest BCUT2D eigenvalue weighted by Crippen LogP contribution is -2.36. The smallest absolute Gasteiger partial charge is 0.244 e. The number of nitrogens with one attached hydrogen (secondary N) is 1. The highest BCUT2D eigenvalue weighted by atomic mass is 16.7. The standard InChI is InChI=1S/C18H18N2O4/c1-12-3-5-14(6-4-12)19-18(22)10-20(13(2)21)15-7-8-16-17(9-15)24-11-23-16/h3-9H,10-11H2,1-2H3,(H,19,22). The molecule has 1 aliphatic rings. The Morgan fingerprint density at radius 2 is 1.79 bits per heavy atom. The fourth-order valence-electron chi connectivity index (χ4n) is 2.42. The summed E-state index contributed by atoms with van der Waals surface area (Å²) in [4.78, 5) is 25.6. The zero-order valence-corrected chi connectivity index (χ0v) is 13.5. The number of carbonyl (C=O) groups excluding carboxylic acids is 2. The van der Waals surface area contributed by atoms with E-state index in [9.17, 15) is 9.59 Å². The number of fused-ring (bicyclic) bond motifs is 1. The summed E-state index contributed by atoms with van der Waals surface area (Å²) in [6.45, 7) is 3.47. The molecule has 1 heterocycles. The van der Waals surface area contributed by atoms with E-state index in [1.54, 1.807) is 18.2 Å². The molecule has 0 saturated heterocycles. The van der Waals surface area contributed by atoms with Crippen molar-refractivity contribution >= 4 is 23.2 Å². The van der Waals surface area contributed by atoms with Crippen molar-refractivity contribution in [2.24, 2.45) is 0 Å². The molecule has 6 heteroatoms. The van der Waals surface area contributed by atoms with Crippen LogP contribution in [0, 0.1) is 6.92 Å². The minimum atomic E-state index is -0.272. The van der Waals surface area contributed by atoms with Gasteiger partial charge in [0.15, 0.2) is 11.5 Å². The van der Waals surface area contributed by atoms with Gasteiger partial charge >= 0.3 is 0 Å². The second kappa shape index (κ2) is 6.62. The van der Waals surface area contributed by atoms with Crippen molar-refractivity contribution in [3.05, 3.63) is 48.0 Å². The van der Waals surface area contributed by atoms with E-state index in [4.69, 9.17) is 9.47 Å². The van der Waals surface area contributed by atoms with Gasteiger partial charge in [0.1, 0.15) is 6.54 Å². The number of rotatable bonds is 4. The lowest BCUT2D eigenvalue weighted by molar-refractivity contribution is -0.120. The van der Waals surface area contributed by atoms with Gasteiger partial charge in [-0.2, -0.15) is 0 Å². The van der Waals surface area contributed by atoms with Crippen molar-refractivity contribution in [2.75, 3.05) is 23.6 Å². The van der Waals surface area contributed by atoms with E-state index in [-0.39, 0.29) is 25.2 Å². The van der Waals surface area contributed by atoms with Crippen LogP contribution in [0.5, 0.6) is 11.5 Å². The molecule has 2 aromatic carbocycles. The molecule has 124 valence electrons. The summed E-state index contributed by atoms with van der Waals surface area (Å²) in [5.74, 6) is 0.698. The van der Waals surface area contributed by atoms with Gasteiger partial charge in [0.25, 0.3) is 0 Å². The van der Waals surface area contributed by atoms with E-state index in [0.29, 0.717) is 22.9 Å². The Balaban J connectivity index is 1.73. The molecule has 6 nitrogen and oxygen atoms in total. The highest BCUT2D eigenvalue weighted by molar-refractivity contribution is 6.02. The Kier molecular flexibility index (Phi) is 4.37. The number of benzene rings is 2. The maximum absolute atomic E-state index is 12.3. The van der Waals surface area contributed by atoms with Crippen LogP contribution >= 0.6 is 0 Å². The third-order valence-corrected chi connectivity index (χ3v) is 3.68. The van der Waals surface area contributed by atoms with Gasteiger partial charge in [-0.1, -0.05) is 17.7 Å². The third kappa shape index (κ3) is 3.48. The van der Waals surface area contributed by atoms with Crippen molar-refractivity contribution in [3.63, 3.8) is 0 Å². The Bertz CT molecular complexity index is 771. The van der Waals surface area contributed by atoms with Crippen molar-refractivity contribution in [2.45, 2.75) is 13.8 Å². The molecular weight excluding hydrogens is 308 g/mol. The van der Waals surface area contributed by atoms with Gasteiger partial charge in [-0.05, 0) is 31.2 Å². The zero-order chi connectivity index (χ0) is 17.1. The highest BCUT2D eigenvalue weighted by Gasteiger charge is 2.20. The topological polar surface area (TPSA) is 67.9 Å². The van der Waals surface area contributed by atoms with Gasteiger partial charge in [0.05, 0.1) is 0 Å². The van der Waals surface area contributed by atoms with E-state index in [2.05, 4.69) is 5.32 Å². The summed E-state index contributed by atoms with van der Waals surface area (Å²) in [6, 6.07) is 12.6. The average molecular weight is 326 g/mol. The Hall–Kier alpha value is -3.02. The molecule has 3 rings (SSSR count). The maximum Gasteiger partial charge on any atom is 0.244 e. The normalized spacial score (nSPS) is 11.9. The predicted octanol–water partition coefficient (Wildman–Crippen LogP) is 2.72. The Morgan fingerprint density at radius 1 is 1.08 bits per heavy atom. The summed E-state index contributed by atoms with van der Waals surface area (Å²) >= 11 is 0. The van der Waals surface area contributed by atoms with Crippen LogP contribution in [0.1, 0.15) is 12.5 Å². The van der Waals surface area contributed by atoms with Crippen molar-refractivity contribution in [3.8, 4) is 11.5 Å². The first-order valence-electron chi connectivity index (χ1n) is 7.57. The molecule has 0 unspecified atom stereocenters. The molecule has 2 aromatic rings. The molecule has 0 atom stereocenters. The molecule has 1 aliphatic heterocycles. The van der Waals surface area contributed by atoms with Crippen LogP contribution in [0.15, 0.2) is 42.5 Å². The minimum absolute atomic E-state index is 0.0805. The molecular formula is C18H18N2O4. The molecule has 0 spiro atoms. The van der Waals surface area contributed by atoms with E-state index < -0.39 is 0 Å². The Morgan fingerprint density at radius 3 is 2.50 bits per heavy atom. The second-order valence-corrected chi connectivity index (χ2v) is 5.56. The first-order valence-corrected chi connectivity index (χ1v) is 7.57. The second-order valence-electron chi connectivity index (χ2n) is 5.56. The number of aryl methyl sites for hydroxylation is 1. The molecule has 0 fully saturated rings. The van der Waals surface area contributed by atoms with Crippen LogP contribution in [0.4, 0.5) is 11.4 Å². The first kappa shape index (κ1) is 15.9. The summed E-state index contributed by atoms with van der Waals surface area (Å²) in [7, 11) is 0. The number of hydrogen-bond donors (Lipinski definition) is 1. The number of ether oxygens (including phenoxy) is 2. The van der Waals surface area contributed by atoms with Crippen LogP contribution in [-0.4, -0.2) is 25.2 Å². The molecule has 0 aromatic heterocycles. The lowest BCUT2D eigenvalue weighted by atomic mass is 10.2. The summed E-state index contributed by atoms with van der Waals surface area (Å²) in [5.41, 5.74) is 2.39. The van der Waals surface area contributed by atoms with Crippen LogP contribution in [0.2, 0.25) is 0 Å². The third-order valence-electron chi connectivity index (χ3n) is 3.68. The fourth-order valence-corrected chi connectivity index (χ4v) is 2.42. The van der Waals surface area contributed by atoms with Gasteiger partial charge in [-0.25, -0.2) is 0 Å². The van der Waals surface area contributed by atoms with E-state index in [0.717, 1.165) is 5.56 Å². The highest BCUT2D eigenvalue weighted by Crippen LogP contribution is 2.35. The van der Waals surface area contributed by atoms with Gasteiger partial charge in [-0.3, -0.25) is 9.59 Å². The summed E-state index contributed by atoms with van der Waals surface area (Å²) < 4.78 is 10.6. The van der Waals surface area contributed by atoms with Gasteiger partial charge in [0, 0.05) is 24.4 Å². The number of hydrogen-bond acceptors (Lipinski definition) is 4. The van der Waals surface area contributed by atoms with Gasteiger partial charge in [0.2, 0.25) is 18.6 Å². The van der Waals surface area contributed by atoms with Crippen molar-refractivity contribution in [1.82, 2.24) is 0 Å². The van der Waals surface area contributed by atoms with Crippen LogP contribution in [0.3, 0.4) is 0 Å². The van der Waals surface area contributed by atoms with Crippen molar-refractivity contribution in [1.29, 1.82) is 0 Å². The monoisotopic (exact) mass is 326 g/mol. The van der Waals surface area contributed by atoms with Crippen LogP contribution < -0.4 is 19.7 Å². The average Bonchev–Trinajstić information content (AvgIpc) is 3.02. The molecule has 0 radical (unpaired) electrons. The lowest BCUT2D eigenvalue weighted by Gasteiger charge is -2.21. The molecule has 0 bridgehead atoms. The van der Waals surface area contributed by atoms with Gasteiger partial charge < -0.3 is 19.7 Å². The van der Waals surface area contributed by atoms with E-state index in [1.807, 2.05) is 31.2 Å².